The summed E-state index contributed by atoms with van der Waals surface area (Å²) in [7, 11) is 1.92. The van der Waals surface area contributed by atoms with E-state index in [0.29, 0.717) is 0 Å². The molecule has 0 unspecified atom stereocenters. The van der Waals surface area contributed by atoms with Crippen LogP contribution in [0.2, 0.25) is 0 Å². The molecule has 0 fully saturated rings. The third-order valence-corrected chi connectivity index (χ3v) is 1.98. The maximum absolute atomic E-state index is 11.2. The van der Waals surface area contributed by atoms with Gasteiger partial charge in [-0.2, -0.15) is 0 Å². The third-order valence-electron chi connectivity index (χ3n) is 1.98. The molecule has 72 valence electrons. The maximum atomic E-state index is 11.2. The summed E-state index contributed by atoms with van der Waals surface area (Å²) in [6, 6.07) is 1.52. The van der Waals surface area contributed by atoms with Gasteiger partial charge in [-0.3, -0.25) is 4.79 Å². The van der Waals surface area contributed by atoms with Crippen molar-refractivity contribution in [2.24, 2.45) is 0 Å². The van der Waals surface area contributed by atoms with Crippen LogP contribution in [0.1, 0.15) is 19.7 Å². The Hall–Kier alpha value is -1.32. The van der Waals surface area contributed by atoms with Gasteiger partial charge in [0.1, 0.15) is 11.6 Å². The number of nitrogens with zero attached hydrogens (tertiary/aromatic N) is 2. The molecule has 0 aliphatic carbocycles. The Morgan fingerprint density at radius 2 is 2.23 bits per heavy atom. The summed E-state index contributed by atoms with van der Waals surface area (Å²) in [5.41, 5.74) is -0.0813. The normalized spacial score (nSPS) is 10.1. The minimum Gasteiger partial charge on any atom is -0.360 e. The quantitative estimate of drug-likeness (QED) is 0.750. The van der Waals surface area contributed by atoms with E-state index >= 15 is 0 Å². The molecule has 0 saturated heterocycles. The summed E-state index contributed by atoms with van der Waals surface area (Å²) in [6.45, 7) is 4.84. The van der Waals surface area contributed by atoms with Crippen LogP contribution in [0.25, 0.3) is 0 Å². The molecule has 0 radical (unpaired) electrons. The van der Waals surface area contributed by atoms with Crippen molar-refractivity contribution < 1.29 is 0 Å². The Morgan fingerprint density at radius 1 is 1.54 bits per heavy atom. The van der Waals surface area contributed by atoms with E-state index in [-0.39, 0.29) is 5.56 Å². The highest BCUT2D eigenvalue weighted by atomic mass is 16.1. The molecule has 0 amide bonds. The molecular weight excluding hydrogens is 166 g/mol. The molecule has 0 saturated carbocycles. The molecule has 1 aromatic heterocycles. The summed E-state index contributed by atoms with van der Waals surface area (Å²) in [5, 5.41) is 0. The van der Waals surface area contributed by atoms with Crippen LogP contribution in [-0.4, -0.2) is 23.6 Å². The summed E-state index contributed by atoms with van der Waals surface area (Å²) >= 11 is 0. The summed E-state index contributed by atoms with van der Waals surface area (Å²) in [6.07, 6.45) is 0.751. The van der Waals surface area contributed by atoms with Crippen LogP contribution < -0.4 is 10.5 Å². The van der Waals surface area contributed by atoms with Gasteiger partial charge in [0, 0.05) is 26.1 Å². The van der Waals surface area contributed by atoms with Crippen LogP contribution in [0.3, 0.4) is 0 Å². The minimum absolute atomic E-state index is 0.0813. The Balaban J connectivity index is 3.08. The van der Waals surface area contributed by atoms with E-state index in [1.54, 1.807) is 0 Å². The van der Waals surface area contributed by atoms with Gasteiger partial charge in [-0.05, 0) is 6.92 Å². The summed E-state index contributed by atoms with van der Waals surface area (Å²) in [4.78, 5) is 20.1. The number of nitrogens with one attached hydrogen (secondary N) is 1. The monoisotopic (exact) mass is 181 g/mol. The van der Waals surface area contributed by atoms with Crippen LogP contribution in [0, 0.1) is 0 Å². The highest BCUT2D eigenvalue weighted by Crippen LogP contribution is 2.04. The average Bonchev–Trinajstić information content (AvgIpc) is 2.15. The first-order valence-electron chi connectivity index (χ1n) is 4.48. The van der Waals surface area contributed by atoms with Gasteiger partial charge >= 0.3 is 0 Å². The smallest absolute Gasteiger partial charge is 0.252 e. The molecule has 0 bridgehead atoms. The van der Waals surface area contributed by atoms with Crippen molar-refractivity contribution in [1.29, 1.82) is 0 Å². The summed E-state index contributed by atoms with van der Waals surface area (Å²) in [5.74, 6) is 1.48. The highest BCUT2D eigenvalue weighted by molar-refractivity contribution is 5.35. The number of aromatic nitrogens is 2. The second-order valence-electron chi connectivity index (χ2n) is 2.92. The van der Waals surface area contributed by atoms with Gasteiger partial charge < -0.3 is 9.88 Å². The van der Waals surface area contributed by atoms with Crippen molar-refractivity contribution in [1.82, 2.24) is 9.97 Å². The number of aryl methyl sites for hydroxylation is 1. The molecule has 1 heterocycles. The van der Waals surface area contributed by atoms with E-state index < -0.39 is 0 Å². The Labute approximate surface area is 77.6 Å². The first-order chi connectivity index (χ1) is 6.17. The van der Waals surface area contributed by atoms with Gasteiger partial charge in [-0.25, -0.2) is 4.98 Å². The third kappa shape index (κ3) is 2.31. The zero-order chi connectivity index (χ0) is 9.84. The van der Waals surface area contributed by atoms with Crippen molar-refractivity contribution in [3.05, 3.63) is 22.2 Å². The number of H-pyrrole nitrogens is 1. The van der Waals surface area contributed by atoms with Gasteiger partial charge in [0.25, 0.3) is 5.56 Å². The molecule has 1 N–H and O–H groups in total. The molecule has 0 aliphatic heterocycles. The van der Waals surface area contributed by atoms with Crippen molar-refractivity contribution in [3.8, 4) is 0 Å². The van der Waals surface area contributed by atoms with Crippen LogP contribution in [0.15, 0.2) is 10.9 Å². The molecule has 0 aliphatic rings. The highest BCUT2D eigenvalue weighted by Gasteiger charge is 2.02. The number of aromatic amines is 1. The lowest BCUT2D eigenvalue weighted by Crippen LogP contribution is -2.21. The van der Waals surface area contributed by atoms with Gasteiger partial charge in [0.15, 0.2) is 0 Å². The molecule has 13 heavy (non-hydrogen) atoms. The predicted molar refractivity (Wildman–Crippen MR) is 53.2 cm³/mol. The topological polar surface area (TPSA) is 49.0 Å². The number of hydrogen-bond donors (Lipinski definition) is 1. The van der Waals surface area contributed by atoms with Crippen molar-refractivity contribution in [2.45, 2.75) is 20.3 Å². The van der Waals surface area contributed by atoms with Crippen molar-refractivity contribution >= 4 is 5.82 Å². The zero-order valence-corrected chi connectivity index (χ0v) is 8.29. The molecule has 4 heteroatoms. The molecule has 0 atom stereocenters. The second-order valence-corrected chi connectivity index (χ2v) is 2.92. The van der Waals surface area contributed by atoms with Gasteiger partial charge in [-0.15, -0.1) is 0 Å². The minimum atomic E-state index is -0.0813. The van der Waals surface area contributed by atoms with Crippen molar-refractivity contribution in [2.75, 3.05) is 18.5 Å². The van der Waals surface area contributed by atoms with Gasteiger partial charge in [0.2, 0.25) is 0 Å². The fourth-order valence-corrected chi connectivity index (χ4v) is 1.02. The van der Waals surface area contributed by atoms with E-state index in [1.807, 2.05) is 25.8 Å². The fraction of sp³-hybridized carbons (Fsp3) is 0.556. The SMILES string of the molecule is CCc1nc(N(C)CC)cc(=O)[nH]1. The van der Waals surface area contributed by atoms with E-state index in [1.165, 1.54) is 6.07 Å². The zero-order valence-electron chi connectivity index (χ0n) is 8.29. The molecule has 1 rings (SSSR count). The van der Waals surface area contributed by atoms with Gasteiger partial charge in [0.05, 0.1) is 0 Å². The van der Waals surface area contributed by atoms with E-state index in [4.69, 9.17) is 0 Å². The van der Waals surface area contributed by atoms with Crippen LogP contribution in [0.5, 0.6) is 0 Å². The Kier molecular flexibility index (Phi) is 3.06. The van der Waals surface area contributed by atoms with E-state index in [9.17, 15) is 4.79 Å². The number of anilines is 1. The number of rotatable bonds is 3. The maximum Gasteiger partial charge on any atom is 0.252 e. The van der Waals surface area contributed by atoms with Gasteiger partial charge in [-0.1, -0.05) is 6.92 Å². The fourth-order valence-electron chi connectivity index (χ4n) is 1.02. The van der Waals surface area contributed by atoms with Crippen LogP contribution in [0.4, 0.5) is 5.82 Å². The Morgan fingerprint density at radius 3 is 2.77 bits per heavy atom. The average molecular weight is 181 g/mol. The molecule has 0 spiro atoms. The van der Waals surface area contributed by atoms with Crippen LogP contribution in [-0.2, 0) is 6.42 Å². The molecule has 0 aromatic carbocycles. The second kappa shape index (κ2) is 4.07. The largest absolute Gasteiger partial charge is 0.360 e. The lowest BCUT2D eigenvalue weighted by molar-refractivity contribution is 0.869. The first-order valence-corrected chi connectivity index (χ1v) is 4.48. The van der Waals surface area contributed by atoms with Crippen molar-refractivity contribution in [3.63, 3.8) is 0 Å². The standard InChI is InChI=1S/C9H15N3O/c1-4-7-10-8(12(3)5-2)6-9(13)11-7/h6H,4-5H2,1-3H3,(H,10,11,13). The molecular formula is C9H15N3O. The van der Waals surface area contributed by atoms with E-state index in [0.717, 1.165) is 24.6 Å². The molecule has 4 nitrogen and oxygen atoms in total. The first kappa shape index (κ1) is 9.77. The molecule has 1 aromatic rings. The summed E-state index contributed by atoms with van der Waals surface area (Å²) < 4.78 is 0. The number of hydrogen-bond acceptors (Lipinski definition) is 3. The van der Waals surface area contributed by atoms with E-state index in [2.05, 4.69) is 9.97 Å². The Bertz CT molecular complexity index is 332. The lowest BCUT2D eigenvalue weighted by atomic mass is 10.4. The lowest BCUT2D eigenvalue weighted by Gasteiger charge is -2.15. The predicted octanol–water partition coefficient (Wildman–Crippen LogP) is 0.788. The van der Waals surface area contributed by atoms with Crippen LogP contribution >= 0.6 is 0 Å².